The van der Waals surface area contributed by atoms with Crippen LogP contribution in [0.3, 0.4) is 0 Å². The number of esters is 1. The Hall–Kier alpha value is -3.32. The molecule has 1 aromatic heterocycles. The number of aliphatic carboxylic acids is 1. The second-order valence-electron chi connectivity index (χ2n) is 6.34. The summed E-state index contributed by atoms with van der Waals surface area (Å²) in [5.74, 6) is -1.73. The third kappa shape index (κ3) is 4.25. The van der Waals surface area contributed by atoms with Crippen LogP contribution in [0.25, 0.3) is 10.9 Å². The minimum atomic E-state index is -1.24. The van der Waals surface area contributed by atoms with Gasteiger partial charge in [-0.1, -0.05) is 11.6 Å². The van der Waals surface area contributed by atoms with E-state index in [1.807, 2.05) is 0 Å². The molecular formula is C21H18ClNO6. The standard InChI is InChI=1S/C21H18ClNO6/c1-12-9-15-16(10-20(26)29-11-19(24)25)18(28-2)8-7-17(15)23(12)21(27)13-3-5-14(22)6-4-13/h3-9H,10-11H2,1-2H3,(H,24,25). The maximum Gasteiger partial charge on any atom is 0.341 e. The Morgan fingerprint density at radius 3 is 2.41 bits per heavy atom. The van der Waals surface area contributed by atoms with Crippen molar-refractivity contribution >= 4 is 40.3 Å². The molecule has 1 heterocycles. The maximum absolute atomic E-state index is 13.1. The molecule has 0 radical (unpaired) electrons. The Morgan fingerprint density at radius 1 is 1.10 bits per heavy atom. The number of carbonyl (C=O) groups is 3. The van der Waals surface area contributed by atoms with E-state index in [0.29, 0.717) is 38.5 Å². The number of aromatic nitrogens is 1. The Balaban J connectivity index is 2.05. The first-order valence-corrected chi connectivity index (χ1v) is 9.05. The number of hydrogen-bond acceptors (Lipinski definition) is 5. The summed E-state index contributed by atoms with van der Waals surface area (Å²) in [7, 11) is 1.47. The van der Waals surface area contributed by atoms with E-state index in [-0.39, 0.29) is 12.3 Å². The number of rotatable bonds is 6. The summed E-state index contributed by atoms with van der Waals surface area (Å²) in [5.41, 5.74) is 2.26. The molecule has 0 aliphatic rings. The van der Waals surface area contributed by atoms with Gasteiger partial charge in [0.05, 0.1) is 19.0 Å². The third-order valence-corrected chi connectivity index (χ3v) is 4.68. The van der Waals surface area contributed by atoms with Crippen molar-refractivity contribution < 1.29 is 29.0 Å². The van der Waals surface area contributed by atoms with Gasteiger partial charge in [-0.15, -0.1) is 0 Å². The lowest BCUT2D eigenvalue weighted by molar-refractivity contribution is -0.154. The Labute approximate surface area is 171 Å². The molecule has 8 heteroatoms. The van der Waals surface area contributed by atoms with Crippen molar-refractivity contribution in [2.24, 2.45) is 0 Å². The lowest BCUT2D eigenvalue weighted by atomic mass is 10.1. The Kier molecular flexibility index (Phi) is 5.89. The van der Waals surface area contributed by atoms with Crippen LogP contribution >= 0.6 is 11.6 Å². The smallest absolute Gasteiger partial charge is 0.341 e. The fourth-order valence-electron chi connectivity index (χ4n) is 3.15. The molecular weight excluding hydrogens is 398 g/mol. The molecule has 0 bridgehead atoms. The highest BCUT2D eigenvalue weighted by Crippen LogP contribution is 2.32. The first-order chi connectivity index (χ1) is 13.8. The molecule has 0 aliphatic carbocycles. The summed E-state index contributed by atoms with van der Waals surface area (Å²) in [6, 6.07) is 11.7. The number of carbonyl (C=O) groups excluding carboxylic acids is 2. The second-order valence-corrected chi connectivity index (χ2v) is 6.78. The zero-order chi connectivity index (χ0) is 21.1. The minimum Gasteiger partial charge on any atom is -0.496 e. The van der Waals surface area contributed by atoms with Crippen molar-refractivity contribution in [1.29, 1.82) is 0 Å². The lowest BCUT2D eigenvalue weighted by Crippen LogP contribution is -2.15. The SMILES string of the molecule is COc1ccc2c(cc(C)n2C(=O)c2ccc(Cl)cc2)c1CC(=O)OCC(=O)O. The van der Waals surface area contributed by atoms with E-state index in [9.17, 15) is 14.4 Å². The van der Waals surface area contributed by atoms with Gasteiger partial charge in [-0.3, -0.25) is 14.2 Å². The van der Waals surface area contributed by atoms with Gasteiger partial charge in [0.15, 0.2) is 6.61 Å². The second kappa shape index (κ2) is 8.36. The molecule has 0 saturated carbocycles. The van der Waals surface area contributed by atoms with Crippen molar-refractivity contribution in [2.45, 2.75) is 13.3 Å². The van der Waals surface area contributed by atoms with Crippen LogP contribution < -0.4 is 4.74 Å². The van der Waals surface area contributed by atoms with Gasteiger partial charge in [0.25, 0.3) is 5.91 Å². The quantitative estimate of drug-likeness (QED) is 0.619. The third-order valence-electron chi connectivity index (χ3n) is 4.43. The molecule has 0 saturated heterocycles. The molecule has 0 spiro atoms. The molecule has 0 atom stereocenters. The largest absolute Gasteiger partial charge is 0.496 e. The highest BCUT2D eigenvalue weighted by atomic mass is 35.5. The van der Waals surface area contributed by atoms with Gasteiger partial charge in [0.1, 0.15) is 5.75 Å². The average Bonchev–Trinajstić information content (AvgIpc) is 3.03. The number of halogens is 1. The summed E-state index contributed by atoms with van der Waals surface area (Å²) in [6.07, 6.45) is -0.188. The van der Waals surface area contributed by atoms with E-state index in [0.717, 1.165) is 0 Å². The van der Waals surface area contributed by atoms with Gasteiger partial charge in [-0.05, 0) is 49.4 Å². The number of ether oxygens (including phenoxy) is 2. The van der Waals surface area contributed by atoms with Gasteiger partial charge in [0.2, 0.25) is 0 Å². The molecule has 7 nitrogen and oxygen atoms in total. The van der Waals surface area contributed by atoms with Crippen LogP contribution in [0.1, 0.15) is 21.6 Å². The summed E-state index contributed by atoms with van der Waals surface area (Å²) < 4.78 is 11.6. The highest BCUT2D eigenvalue weighted by Gasteiger charge is 2.21. The van der Waals surface area contributed by atoms with Crippen LogP contribution in [-0.4, -0.2) is 41.2 Å². The minimum absolute atomic E-state index is 0.188. The number of aryl methyl sites for hydroxylation is 1. The first-order valence-electron chi connectivity index (χ1n) is 8.67. The fraction of sp³-hybridized carbons (Fsp3) is 0.190. The molecule has 0 amide bonds. The van der Waals surface area contributed by atoms with Crippen molar-refractivity contribution in [2.75, 3.05) is 13.7 Å². The molecule has 29 heavy (non-hydrogen) atoms. The summed E-state index contributed by atoms with van der Waals surface area (Å²) >= 11 is 5.90. The number of methoxy groups -OCH3 is 1. The number of benzene rings is 2. The van der Waals surface area contributed by atoms with E-state index >= 15 is 0 Å². The number of nitrogens with zero attached hydrogens (tertiary/aromatic N) is 1. The van der Waals surface area contributed by atoms with Gasteiger partial charge in [0, 0.05) is 27.2 Å². The van der Waals surface area contributed by atoms with Gasteiger partial charge >= 0.3 is 11.9 Å². The number of carboxylic acids is 1. The van der Waals surface area contributed by atoms with Crippen molar-refractivity contribution in [3.8, 4) is 5.75 Å². The molecule has 0 unspecified atom stereocenters. The number of fused-ring (bicyclic) bond motifs is 1. The zero-order valence-electron chi connectivity index (χ0n) is 15.8. The summed E-state index contributed by atoms with van der Waals surface area (Å²) in [5, 5.41) is 9.86. The van der Waals surface area contributed by atoms with Crippen LogP contribution in [-0.2, 0) is 20.7 Å². The summed E-state index contributed by atoms with van der Waals surface area (Å²) in [6.45, 7) is 1.07. The number of carboxylic acid groups (broad SMARTS) is 1. The molecule has 150 valence electrons. The molecule has 3 rings (SSSR count). The predicted octanol–water partition coefficient (Wildman–Crippen LogP) is 3.47. The first kappa shape index (κ1) is 20.4. The lowest BCUT2D eigenvalue weighted by Gasteiger charge is -2.11. The van der Waals surface area contributed by atoms with Crippen LogP contribution in [0.15, 0.2) is 42.5 Å². The molecule has 3 aromatic rings. The van der Waals surface area contributed by atoms with Crippen LogP contribution in [0.2, 0.25) is 5.02 Å². The summed E-state index contributed by atoms with van der Waals surface area (Å²) in [4.78, 5) is 35.8. The van der Waals surface area contributed by atoms with Crippen molar-refractivity contribution in [3.05, 3.63) is 64.3 Å². The predicted molar refractivity (Wildman–Crippen MR) is 107 cm³/mol. The van der Waals surface area contributed by atoms with Crippen LogP contribution in [0.4, 0.5) is 0 Å². The van der Waals surface area contributed by atoms with Gasteiger partial charge in [-0.25, -0.2) is 4.79 Å². The van der Waals surface area contributed by atoms with Crippen molar-refractivity contribution in [3.63, 3.8) is 0 Å². The number of hydrogen-bond donors (Lipinski definition) is 1. The van der Waals surface area contributed by atoms with Crippen LogP contribution in [0.5, 0.6) is 5.75 Å². The average molecular weight is 416 g/mol. The van der Waals surface area contributed by atoms with Crippen LogP contribution in [0, 0.1) is 6.92 Å². The Bertz CT molecular complexity index is 1100. The normalized spacial score (nSPS) is 10.7. The molecule has 0 fully saturated rings. The monoisotopic (exact) mass is 415 g/mol. The zero-order valence-corrected chi connectivity index (χ0v) is 16.5. The maximum atomic E-state index is 13.1. The highest BCUT2D eigenvalue weighted by molar-refractivity contribution is 6.30. The van der Waals surface area contributed by atoms with E-state index in [1.54, 1.807) is 54.0 Å². The van der Waals surface area contributed by atoms with Gasteiger partial charge in [-0.2, -0.15) is 0 Å². The molecule has 0 aliphatic heterocycles. The molecule has 2 aromatic carbocycles. The van der Waals surface area contributed by atoms with E-state index in [4.69, 9.17) is 26.2 Å². The topological polar surface area (TPSA) is 94.8 Å². The van der Waals surface area contributed by atoms with Crippen molar-refractivity contribution in [1.82, 2.24) is 4.57 Å². The van der Waals surface area contributed by atoms with E-state index in [1.165, 1.54) is 7.11 Å². The fourth-order valence-corrected chi connectivity index (χ4v) is 3.28. The van der Waals surface area contributed by atoms with E-state index < -0.39 is 18.5 Å². The van der Waals surface area contributed by atoms with E-state index in [2.05, 4.69) is 0 Å². The molecule has 1 N–H and O–H groups in total. The Morgan fingerprint density at radius 2 is 1.79 bits per heavy atom. The van der Waals surface area contributed by atoms with Gasteiger partial charge < -0.3 is 14.6 Å².